The standard InChI is InChI=1S/C20H22N2O6S/c1-13-7-8-17-16(11-13)22(29(3,25)26)10-9-18(28-17)19(23)21-15-6-4-5-14(12-15)20(24)27-2/h4-8,11-12,18H,9-10H2,1-3H3,(H,21,23). The van der Waals surface area contributed by atoms with Crippen molar-refractivity contribution in [1.82, 2.24) is 0 Å². The number of fused-ring (bicyclic) bond motifs is 1. The molecule has 0 radical (unpaired) electrons. The number of carbonyl (C=O) groups excluding carboxylic acids is 2. The normalized spacial score (nSPS) is 16.2. The van der Waals surface area contributed by atoms with E-state index in [1.807, 2.05) is 6.92 Å². The molecular formula is C20H22N2O6S. The first-order valence-corrected chi connectivity index (χ1v) is 10.8. The number of anilines is 2. The lowest BCUT2D eigenvalue weighted by Crippen LogP contribution is -2.36. The van der Waals surface area contributed by atoms with E-state index in [4.69, 9.17) is 4.74 Å². The van der Waals surface area contributed by atoms with E-state index >= 15 is 0 Å². The summed E-state index contributed by atoms with van der Waals surface area (Å²) in [5.74, 6) is -0.629. The molecule has 1 aliphatic heterocycles. The average Bonchev–Trinajstić information content (AvgIpc) is 2.86. The summed E-state index contributed by atoms with van der Waals surface area (Å²) in [6, 6.07) is 11.5. The Labute approximate surface area is 169 Å². The Balaban J connectivity index is 1.84. The third-order valence-electron chi connectivity index (χ3n) is 4.49. The van der Waals surface area contributed by atoms with Crippen molar-refractivity contribution in [2.45, 2.75) is 19.4 Å². The molecule has 0 aliphatic carbocycles. The smallest absolute Gasteiger partial charge is 0.337 e. The fraction of sp³-hybridized carbons (Fsp3) is 0.300. The molecule has 0 saturated carbocycles. The zero-order chi connectivity index (χ0) is 21.2. The number of aryl methyl sites for hydroxylation is 1. The number of benzene rings is 2. The lowest BCUT2D eigenvalue weighted by Gasteiger charge is -2.21. The molecule has 1 N–H and O–H groups in total. The summed E-state index contributed by atoms with van der Waals surface area (Å²) in [5.41, 5.74) is 2.00. The summed E-state index contributed by atoms with van der Waals surface area (Å²) in [6.07, 6.45) is 0.395. The quantitative estimate of drug-likeness (QED) is 0.765. The van der Waals surface area contributed by atoms with Gasteiger partial charge >= 0.3 is 5.97 Å². The maximum atomic E-state index is 12.8. The molecule has 8 nitrogen and oxygen atoms in total. The number of methoxy groups -OCH3 is 1. The van der Waals surface area contributed by atoms with Crippen LogP contribution in [-0.2, 0) is 19.6 Å². The highest BCUT2D eigenvalue weighted by Gasteiger charge is 2.31. The Morgan fingerprint density at radius 3 is 2.66 bits per heavy atom. The van der Waals surface area contributed by atoms with Crippen LogP contribution in [0.15, 0.2) is 42.5 Å². The van der Waals surface area contributed by atoms with E-state index < -0.39 is 28.0 Å². The minimum atomic E-state index is -3.54. The molecule has 1 aliphatic rings. The van der Waals surface area contributed by atoms with Gasteiger partial charge < -0.3 is 14.8 Å². The summed E-state index contributed by atoms with van der Waals surface area (Å²) >= 11 is 0. The van der Waals surface area contributed by atoms with E-state index in [0.29, 0.717) is 22.7 Å². The highest BCUT2D eigenvalue weighted by atomic mass is 32.2. The topological polar surface area (TPSA) is 102 Å². The minimum Gasteiger partial charge on any atom is -0.478 e. The maximum Gasteiger partial charge on any atom is 0.337 e. The minimum absolute atomic E-state index is 0.107. The Hall–Kier alpha value is -3.07. The number of carbonyl (C=O) groups is 2. The molecule has 154 valence electrons. The number of nitrogens with one attached hydrogen (secondary N) is 1. The van der Waals surface area contributed by atoms with Crippen molar-refractivity contribution in [2.24, 2.45) is 0 Å². The Bertz CT molecular complexity index is 1050. The van der Waals surface area contributed by atoms with Gasteiger partial charge in [0.15, 0.2) is 6.10 Å². The van der Waals surface area contributed by atoms with Gasteiger partial charge in [-0.15, -0.1) is 0 Å². The average molecular weight is 418 g/mol. The molecule has 0 saturated heterocycles. The Morgan fingerprint density at radius 1 is 1.21 bits per heavy atom. The maximum absolute atomic E-state index is 12.8. The second-order valence-corrected chi connectivity index (χ2v) is 8.67. The van der Waals surface area contributed by atoms with Gasteiger partial charge in [-0.05, 0) is 42.8 Å². The number of ether oxygens (including phenoxy) is 2. The summed E-state index contributed by atoms with van der Waals surface area (Å²) < 4.78 is 36.3. The van der Waals surface area contributed by atoms with Crippen molar-refractivity contribution in [3.8, 4) is 5.75 Å². The number of sulfonamides is 1. The lowest BCUT2D eigenvalue weighted by molar-refractivity contribution is -0.122. The number of amides is 1. The van der Waals surface area contributed by atoms with Gasteiger partial charge in [-0.2, -0.15) is 0 Å². The second kappa shape index (κ2) is 8.12. The molecule has 0 spiro atoms. The zero-order valence-corrected chi connectivity index (χ0v) is 17.2. The van der Waals surface area contributed by atoms with E-state index in [-0.39, 0.29) is 13.0 Å². The predicted molar refractivity (Wildman–Crippen MR) is 109 cm³/mol. The molecular weight excluding hydrogens is 396 g/mol. The number of hydrogen-bond donors (Lipinski definition) is 1. The molecule has 0 aromatic heterocycles. The van der Waals surface area contributed by atoms with Crippen LogP contribution in [0.25, 0.3) is 0 Å². The first kappa shape index (κ1) is 20.7. The van der Waals surface area contributed by atoms with Crippen LogP contribution in [0.5, 0.6) is 5.75 Å². The molecule has 1 heterocycles. The lowest BCUT2D eigenvalue weighted by atomic mass is 10.2. The van der Waals surface area contributed by atoms with Crippen molar-refractivity contribution in [1.29, 1.82) is 0 Å². The molecule has 2 aromatic carbocycles. The highest BCUT2D eigenvalue weighted by Crippen LogP contribution is 2.35. The monoisotopic (exact) mass is 418 g/mol. The highest BCUT2D eigenvalue weighted by molar-refractivity contribution is 7.92. The van der Waals surface area contributed by atoms with Crippen molar-refractivity contribution in [3.05, 3.63) is 53.6 Å². The molecule has 29 heavy (non-hydrogen) atoms. The van der Waals surface area contributed by atoms with Crippen molar-refractivity contribution in [3.63, 3.8) is 0 Å². The van der Waals surface area contributed by atoms with Gasteiger partial charge in [0.25, 0.3) is 5.91 Å². The molecule has 1 atom stereocenters. The molecule has 1 amide bonds. The number of hydrogen-bond acceptors (Lipinski definition) is 6. The van der Waals surface area contributed by atoms with Gasteiger partial charge in [-0.25, -0.2) is 13.2 Å². The number of nitrogens with zero attached hydrogens (tertiary/aromatic N) is 1. The van der Waals surface area contributed by atoms with E-state index in [1.165, 1.54) is 17.5 Å². The van der Waals surface area contributed by atoms with Gasteiger partial charge in [0.1, 0.15) is 5.75 Å². The largest absolute Gasteiger partial charge is 0.478 e. The molecule has 3 rings (SSSR count). The van der Waals surface area contributed by atoms with Crippen molar-refractivity contribution >= 4 is 33.3 Å². The fourth-order valence-corrected chi connectivity index (χ4v) is 4.02. The van der Waals surface area contributed by atoms with E-state index in [0.717, 1.165) is 11.8 Å². The first-order chi connectivity index (χ1) is 13.7. The second-order valence-electron chi connectivity index (χ2n) is 6.76. The fourth-order valence-electron chi connectivity index (χ4n) is 3.08. The van der Waals surface area contributed by atoms with Crippen LogP contribution < -0.4 is 14.4 Å². The van der Waals surface area contributed by atoms with Crippen LogP contribution in [0, 0.1) is 6.92 Å². The number of esters is 1. The van der Waals surface area contributed by atoms with Crippen LogP contribution in [0.1, 0.15) is 22.3 Å². The van der Waals surface area contributed by atoms with Crippen molar-refractivity contribution in [2.75, 3.05) is 29.5 Å². The van der Waals surface area contributed by atoms with Crippen LogP contribution in [-0.4, -0.2) is 46.3 Å². The van der Waals surface area contributed by atoms with Crippen LogP contribution in [0.2, 0.25) is 0 Å². The molecule has 0 fully saturated rings. The van der Waals surface area contributed by atoms with Gasteiger partial charge in [0, 0.05) is 18.7 Å². The predicted octanol–water partition coefficient (Wildman–Crippen LogP) is 2.34. The Kier molecular flexibility index (Phi) is 5.78. The number of rotatable bonds is 4. The third-order valence-corrected chi connectivity index (χ3v) is 5.67. The van der Waals surface area contributed by atoms with Crippen LogP contribution in [0.4, 0.5) is 11.4 Å². The van der Waals surface area contributed by atoms with Crippen LogP contribution in [0.3, 0.4) is 0 Å². The van der Waals surface area contributed by atoms with Crippen molar-refractivity contribution < 1.29 is 27.5 Å². The van der Waals surface area contributed by atoms with Crippen LogP contribution >= 0.6 is 0 Å². The Morgan fingerprint density at radius 2 is 1.97 bits per heavy atom. The third kappa shape index (κ3) is 4.68. The van der Waals surface area contributed by atoms with E-state index in [9.17, 15) is 18.0 Å². The van der Waals surface area contributed by atoms with Gasteiger partial charge in [-0.1, -0.05) is 12.1 Å². The van der Waals surface area contributed by atoms with Gasteiger partial charge in [0.05, 0.1) is 24.6 Å². The van der Waals surface area contributed by atoms with Gasteiger partial charge in [-0.3, -0.25) is 9.10 Å². The summed E-state index contributed by atoms with van der Waals surface area (Å²) in [5, 5.41) is 2.71. The molecule has 2 aromatic rings. The molecule has 1 unspecified atom stereocenters. The molecule has 9 heteroatoms. The van der Waals surface area contributed by atoms with E-state index in [2.05, 4.69) is 10.1 Å². The van der Waals surface area contributed by atoms with E-state index in [1.54, 1.807) is 36.4 Å². The summed E-state index contributed by atoms with van der Waals surface area (Å²) in [7, 11) is -2.26. The SMILES string of the molecule is COC(=O)c1cccc(NC(=O)C2CCN(S(C)(=O)=O)c3cc(C)ccc3O2)c1. The van der Waals surface area contributed by atoms with Gasteiger partial charge in [0.2, 0.25) is 10.0 Å². The summed E-state index contributed by atoms with van der Waals surface area (Å²) in [4.78, 5) is 24.5. The summed E-state index contributed by atoms with van der Waals surface area (Å²) in [6.45, 7) is 1.96. The molecule has 0 bridgehead atoms. The zero-order valence-electron chi connectivity index (χ0n) is 16.3. The first-order valence-electron chi connectivity index (χ1n) is 8.93.